The van der Waals surface area contributed by atoms with Gasteiger partial charge in [-0.2, -0.15) is 5.10 Å². The summed E-state index contributed by atoms with van der Waals surface area (Å²) < 4.78 is 5.55. The maximum atomic E-state index is 12.0. The number of nitrogens with zero attached hydrogens (tertiary/aromatic N) is 2. The average molecular weight is 341 g/mol. The lowest BCUT2D eigenvalue weighted by Crippen LogP contribution is -2.17. The number of nitro benzene ring substituents is 1. The van der Waals surface area contributed by atoms with E-state index in [1.54, 1.807) is 42.5 Å². The largest absolute Gasteiger partial charge is 0.493 e. The molecule has 7 heteroatoms. The minimum Gasteiger partial charge on any atom is -0.493 e. The normalized spacial score (nSPS) is 10.8. The van der Waals surface area contributed by atoms with E-state index in [9.17, 15) is 14.9 Å². The molecule has 0 atom stereocenters. The number of hydrogen-bond donors (Lipinski definition) is 1. The van der Waals surface area contributed by atoms with Gasteiger partial charge in [0.2, 0.25) is 0 Å². The second-order valence-electron chi connectivity index (χ2n) is 5.74. The Morgan fingerprint density at radius 2 is 1.92 bits per heavy atom. The molecule has 2 aromatic carbocycles. The van der Waals surface area contributed by atoms with Crippen LogP contribution in [0.15, 0.2) is 53.6 Å². The minimum atomic E-state index is -0.501. The van der Waals surface area contributed by atoms with Crippen molar-refractivity contribution in [2.45, 2.75) is 13.8 Å². The molecule has 0 aliphatic heterocycles. The quantitative estimate of drug-likeness (QED) is 0.474. The fourth-order valence-corrected chi connectivity index (χ4v) is 1.95. The SMILES string of the molecule is CC(C)COc1ccc(C(=O)N/N=C/c2ccccc2[N+](=O)[O-])cc1. The van der Waals surface area contributed by atoms with Gasteiger partial charge in [-0.1, -0.05) is 26.0 Å². The molecule has 25 heavy (non-hydrogen) atoms. The molecule has 1 amide bonds. The minimum absolute atomic E-state index is 0.0767. The van der Waals surface area contributed by atoms with E-state index >= 15 is 0 Å². The van der Waals surface area contributed by atoms with Crippen molar-refractivity contribution in [3.8, 4) is 5.75 Å². The smallest absolute Gasteiger partial charge is 0.278 e. The van der Waals surface area contributed by atoms with Crippen LogP contribution in [0.5, 0.6) is 5.75 Å². The molecule has 130 valence electrons. The molecule has 1 N–H and O–H groups in total. The maximum Gasteiger partial charge on any atom is 0.278 e. The van der Waals surface area contributed by atoms with Gasteiger partial charge < -0.3 is 4.74 Å². The molecule has 0 aliphatic carbocycles. The molecule has 2 aromatic rings. The zero-order valence-electron chi connectivity index (χ0n) is 14.0. The predicted molar refractivity (Wildman–Crippen MR) is 94.9 cm³/mol. The molecule has 0 fully saturated rings. The van der Waals surface area contributed by atoms with Crippen LogP contribution >= 0.6 is 0 Å². The van der Waals surface area contributed by atoms with Crippen molar-refractivity contribution in [3.63, 3.8) is 0 Å². The molecule has 7 nitrogen and oxygen atoms in total. The lowest BCUT2D eigenvalue weighted by molar-refractivity contribution is -0.385. The Bertz CT molecular complexity index is 770. The molecule has 0 saturated carbocycles. The second-order valence-corrected chi connectivity index (χ2v) is 5.74. The van der Waals surface area contributed by atoms with Crippen LogP contribution < -0.4 is 10.2 Å². The molecule has 0 radical (unpaired) electrons. The number of nitro groups is 1. The molecule has 2 rings (SSSR count). The number of benzene rings is 2. The zero-order valence-corrected chi connectivity index (χ0v) is 14.0. The third-order valence-corrected chi connectivity index (χ3v) is 3.20. The van der Waals surface area contributed by atoms with E-state index in [1.807, 2.05) is 0 Å². The number of ether oxygens (including phenoxy) is 1. The Labute approximate surface area is 145 Å². The van der Waals surface area contributed by atoms with Crippen LogP contribution in [0, 0.1) is 16.0 Å². The first kappa shape index (κ1) is 18.1. The molecule has 0 aromatic heterocycles. The molecule has 0 saturated heterocycles. The Morgan fingerprint density at radius 1 is 1.24 bits per heavy atom. The van der Waals surface area contributed by atoms with Gasteiger partial charge in [0.1, 0.15) is 5.75 Å². The van der Waals surface area contributed by atoms with Crippen molar-refractivity contribution >= 4 is 17.8 Å². The summed E-state index contributed by atoms with van der Waals surface area (Å²) in [7, 11) is 0. The number of para-hydroxylation sites is 1. The summed E-state index contributed by atoms with van der Waals surface area (Å²) in [5.74, 6) is 0.693. The second kappa shape index (κ2) is 8.58. The first-order valence-corrected chi connectivity index (χ1v) is 7.77. The van der Waals surface area contributed by atoms with Gasteiger partial charge in [-0.25, -0.2) is 5.43 Å². The summed E-state index contributed by atoms with van der Waals surface area (Å²) in [5, 5.41) is 14.7. The van der Waals surface area contributed by atoms with Gasteiger partial charge in [-0.05, 0) is 36.2 Å². The van der Waals surface area contributed by atoms with Crippen LogP contribution in [0.2, 0.25) is 0 Å². The Kier molecular flexibility index (Phi) is 6.22. The van der Waals surface area contributed by atoms with Crippen molar-refractivity contribution < 1.29 is 14.5 Å². The van der Waals surface area contributed by atoms with E-state index in [1.165, 1.54) is 12.3 Å². The van der Waals surface area contributed by atoms with Gasteiger partial charge >= 0.3 is 0 Å². The maximum absolute atomic E-state index is 12.0. The number of nitrogens with one attached hydrogen (secondary N) is 1. The van der Waals surface area contributed by atoms with Crippen molar-refractivity contribution in [1.82, 2.24) is 5.43 Å². The number of carbonyl (C=O) groups excluding carboxylic acids is 1. The van der Waals surface area contributed by atoms with Gasteiger partial charge in [0.25, 0.3) is 11.6 Å². The van der Waals surface area contributed by atoms with Gasteiger partial charge in [0.15, 0.2) is 0 Å². The highest BCUT2D eigenvalue weighted by atomic mass is 16.6. The van der Waals surface area contributed by atoms with E-state index in [0.717, 1.165) is 0 Å². The van der Waals surface area contributed by atoms with E-state index in [-0.39, 0.29) is 5.69 Å². The topological polar surface area (TPSA) is 93.8 Å². The fraction of sp³-hybridized carbons (Fsp3) is 0.222. The summed E-state index contributed by atoms with van der Waals surface area (Å²) >= 11 is 0. The highest BCUT2D eigenvalue weighted by Gasteiger charge is 2.10. The van der Waals surface area contributed by atoms with E-state index < -0.39 is 10.8 Å². The van der Waals surface area contributed by atoms with E-state index in [2.05, 4.69) is 24.4 Å². The monoisotopic (exact) mass is 341 g/mol. The lowest BCUT2D eigenvalue weighted by Gasteiger charge is -2.08. The number of amides is 1. The summed E-state index contributed by atoms with van der Waals surface area (Å²) in [5.41, 5.74) is 3.00. The molecule has 0 heterocycles. The van der Waals surface area contributed by atoms with Gasteiger partial charge in [-0.3, -0.25) is 14.9 Å². The van der Waals surface area contributed by atoms with E-state index in [0.29, 0.717) is 29.4 Å². The Balaban J connectivity index is 1.97. The molecule has 0 bridgehead atoms. The summed E-state index contributed by atoms with van der Waals surface area (Å²) in [4.78, 5) is 22.4. The number of hydrazone groups is 1. The molecule has 0 unspecified atom stereocenters. The third-order valence-electron chi connectivity index (χ3n) is 3.20. The summed E-state index contributed by atoms with van der Waals surface area (Å²) in [6.45, 7) is 4.71. The Hall–Kier alpha value is -3.22. The average Bonchev–Trinajstić information content (AvgIpc) is 2.60. The lowest BCUT2D eigenvalue weighted by atomic mass is 10.2. The third kappa shape index (κ3) is 5.42. The highest BCUT2D eigenvalue weighted by molar-refractivity contribution is 5.95. The number of hydrogen-bond acceptors (Lipinski definition) is 5. The van der Waals surface area contributed by atoms with Crippen LogP contribution in [-0.4, -0.2) is 23.7 Å². The Morgan fingerprint density at radius 3 is 2.56 bits per heavy atom. The van der Waals surface area contributed by atoms with Crippen LogP contribution in [0.3, 0.4) is 0 Å². The van der Waals surface area contributed by atoms with Crippen molar-refractivity contribution in [2.24, 2.45) is 11.0 Å². The van der Waals surface area contributed by atoms with E-state index in [4.69, 9.17) is 4.74 Å². The van der Waals surface area contributed by atoms with Crippen LogP contribution in [0.1, 0.15) is 29.8 Å². The van der Waals surface area contributed by atoms with Gasteiger partial charge in [0, 0.05) is 11.6 Å². The highest BCUT2D eigenvalue weighted by Crippen LogP contribution is 2.15. The first-order valence-electron chi connectivity index (χ1n) is 7.77. The molecule has 0 spiro atoms. The standard InChI is InChI=1S/C18H19N3O4/c1-13(2)12-25-16-9-7-14(8-10-16)18(22)20-19-11-15-5-3-4-6-17(15)21(23)24/h3-11,13H,12H2,1-2H3,(H,20,22)/b19-11+. The molecular formula is C18H19N3O4. The fourth-order valence-electron chi connectivity index (χ4n) is 1.95. The molecular weight excluding hydrogens is 322 g/mol. The van der Waals surface area contributed by atoms with Crippen molar-refractivity contribution in [1.29, 1.82) is 0 Å². The summed E-state index contributed by atoms with van der Waals surface area (Å²) in [6.07, 6.45) is 1.25. The zero-order chi connectivity index (χ0) is 18.2. The van der Waals surface area contributed by atoms with Crippen molar-refractivity contribution in [3.05, 3.63) is 69.8 Å². The van der Waals surface area contributed by atoms with Gasteiger partial charge in [-0.15, -0.1) is 0 Å². The van der Waals surface area contributed by atoms with Crippen LogP contribution in [0.25, 0.3) is 0 Å². The number of carbonyl (C=O) groups is 1. The van der Waals surface area contributed by atoms with Crippen molar-refractivity contribution in [2.75, 3.05) is 6.61 Å². The number of rotatable bonds is 7. The predicted octanol–water partition coefficient (Wildman–Crippen LogP) is 3.39. The summed E-state index contributed by atoms with van der Waals surface area (Å²) in [6, 6.07) is 12.8. The van der Waals surface area contributed by atoms with Crippen LogP contribution in [-0.2, 0) is 0 Å². The molecule has 0 aliphatic rings. The van der Waals surface area contributed by atoms with Crippen LogP contribution in [0.4, 0.5) is 5.69 Å². The first-order chi connectivity index (χ1) is 12.0. The van der Waals surface area contributed by atoms with Gasteiger partial charge in [0.05, 0.1) is 23.3 Å².